The highest BCUT2D eigenvalue weighted by Gasteiger charge is 2.11. The Morgan fingerprint density at radius 3 is 2.63 bits per heavy atom. The van der Waals surface area contributed by atoms with Crippen LogP contribution >= 0.6 is 0 Å². The van der Waals surface area contributed by atoms with Crippen molar-refractivity contribution in [3.05, 3.63) is 29.8 Å². The van der Waals surface area contributed by atoms with Gasteiger partial charge in [-0.1, -0.05) is 32.4 Å². The minimum atomic E-state index is 0.724. The van der Waals surface area contributed by atoms with Gasteiger partial charge in [-0.15, -0.1) is 0 Å². The topological polar surface area (TPSA) is 24.1 Å². The van der Waals surface area contributed by atoms with E-state index in [1.54, 1.807) is 0 Å². The Morgan fingerprint density at radius 2 is 2.00 bits per heavy atom. The van der Waals surface area contributed by atoms with E-state index < -0.39 is 0 Å². The predicted octanol–water partition coefficient (Wildman–Crippen LogP) is 3.83. The molecule has 19 heavy (non-hydrogen) atoms. The SMILES string of the molecule is CC(C)Cc1ccc(NCCC2CCCCN2)cc1. The molecule has 1 fully saturated rings. The van der Waals surface area contributed by atoms with Crippen LogP contribution in [0.25, 0.3) is 0 Å². The predicted molar refractivity (Wildman–Crippen MR) is 83.7 cm³/mol. The molecule has 2 rings (SSSR count). The summed E-state index contributed by atoms with van der Waals surface area (Å²) in [6.45, 7) is 6.81. The summed E-state index contributed by atoms with van der Waals surface area (Å²) >= 11 is 0. The Morgan fingerprint density at radius 1 is 1.21 bits per heavy atom. The van der Waals surface area contributed by atoms with Crippen LogP contribution < -0.4 is 10.6 Å². The molecule has 1 aromatic rings. The molecule has 0 bridgehead atoms. The molecule has 1 heterocycles. The molecule has 0 amide bonds. The number of hydrogen-bond donors (Lipinski definition) is 2. The molecule has 1 unspecified atom stereocenters. The van der Waals surface area contributed by atoms with Crippen LogP contribution in [0.3, 0.4) is 0 Å². The number of piperidine rings is 1. The number of benzene rings is 1. The van der Waals surface area contributed by atoms with Crippen LogP contribution in [0, 0.1) is 5.92 Å². The van der Waals surface area contributed by atoms with Crippen LogP contribution in [-0.4, -0.2) is 19.1 Å². The fraction of sp³-hybridized carbons (Fsp3) is 0.647. The minimum absolute atomic E-state index is 0.724. The maximum Gasteiger partial charge on any atom is 0.0340 e. The molecule has 0 saturated carbocycles. The van der Waals surface area contributed by atoms with Gasteiger partial charge in [0.05, 0.1) is 0 Å². The number of nitrogens with one attached hydrogen (secondary N) is 2. The molecule has 1 aliphatic rings. The molecule has 0 spiro atoms. The Bertz CT molecular complexity index is 350. The Kier molecular flexibility index (Phi) is 5.71. The van der Waals surface area contributed by atoms with Gasteiger partial charge < -0.3 is 10.6 Å². The normalized spacial score (nSPS) is 19.6. The summed E-state index contributed by atoms with van der Waals surface area (Å²) in [7, 11) is 0. The van der Waals surface area contributed by atoms with Crippen molar-refractivity contribution in [2.75, 3.05) is 18.4 Å². The zero-order valence-corrected chi connectivity index (χ0v) is 12.4. The Hall–Kier alpha value is -1.02. The van der Waals surface area contributed by atoms with Crippen LogP contribution in [-0.2, 0) is 6.42 Å². The second-order valence-corrected chi connectivity index (χ2v) is 6.16. The Balaban J connectivity index is 1.70. The maximum atomic E-state index is 3.60. The van der Waals surface area contributed by atoms with Gasteiger partial charge in [-0.2, -0.15) is 0 Å². The first kappa shape index (κ1) is 14.4. The van der Waals surface area contributed by atoms with E-state index in [1.807, 2.05) is 0 Å². The second kappa shape index (κ2) is 7.54. The summed E-state index contributed by atoms with van der Waals surface area (Å²) in [6.07, 6.45) is 6.48. The average Bonchev–Trinajstić information content (AvgIpc) is 2.41. The summed E-state index contributed by atoms with van der Waals surface area (Å²) in [6, 6.07) is 9.65. The third-order valence-corrected chi connectivity index (χ3v) is 3.83. The minimum Gasteiger partial charge on any atom is -0.385 e. The van der Waals surface area contributed by atoms with E-state index in [0.717, 1.165) is 18.5 Å². The summed E-state index contributed by atoms with van der Waals surface area (Å²) < 4.78 is 0. The molecule has 1 aliphatic heterocycles. The molecule has 2 N–H and O–H groups in total. The van der Waals surface area contributed by atoms with E-state index >= 15 is 0 Å². The van der Waals surface area contributed by atoms with Gasteiger partial charge in [0.2, 0.25) is 0 Å². The van der Waals surface area contributed by atoms with Crippen LogP contribution in [0.15, 0.2) is 24.3 Å². The van der Waals surface area contributed by atoms with Crippen molar-refractivity contribution in [3.8, 4) is 0 Å². The highest BCUT2D eigenvalue weighted by atomic mass is 14.9. The van der Waals surface area contributed by atoms with Crippen molar-refractivity contribution in [1.82, 2.24) is 5.32 Å². The van der Waals surface area contributed by atoms with E-state index in [2.05, 4.69) is 48.7 Å². The molecule has 0 radical (unpaired) electrons. The average molecular weight is 260 g/mol. The molecule has 106 valence electrons. The van der Waals surface area contributed by atoms with E-state index in [1.165, 1.54) is 49.9 Å². The van der Waals surface area contributed by atoms with Crippen molar-refractivity contribution in [3.63, 3.8) is 0 Å². The second-order valence-electron chi connectivity index (χ2n) is 6.16. The third-order valence-electron chi connectivity index (χ3n) is 3.83. The van der Waals surface area contributed by atoms with Crippen LogP contribution in [0.5, 0.6) is 0 Å². The first-order chi connectivity index (χ1) is 9.24. The van der Waals surface area contributed by atoms with Crippen LogP contribution in [0.1, 0.15) is 45.1 Å². The lowest BCUT2D eigenvalue weighted by atomic mass is 10.0. The highest BCUT2D eigenvalue weighted by Crippen LogP contribution is 2.14. The molecule has 1 saturated heterocycles. The largest absolute Gasteiger partial charge is 0.385 e. The van der Waals surface area contributed by atoms with Gasteiger partial charge in [0.25, 0.3) is 0 Å². The van der Waals surface area contributed by atoms with Crippen LogP contribution in [0.2, 0.25) is 0 Å². The van der Waals surface area contributed by atoms with Crippen molar-refractivity contribution in [1.29, 1.82) is 0 Å². The monoisotopic (exact) mass is 260 g/mol. The van der Waals surface area contributed by atoms with Crippen molar-refractivity contribution in [2.24, 2.45) is 5.92 Å². The van der Waals surface area contributed by atoms with E-state index in [4.69, 9.17) is 0 Å². The summed E-state index contributed by atoms with van der Waals surface area (Å²) in [5, 5.41) is 7.13. The van der Waals surface area contributed by atoms with Gasteiger partial charge in [0.1, 0.15) is 0 Å². The lowest BCUT2D eigenvalue weighted by Gasteiger charge is -2.23. The molecule has 2 nitrogen and oxygen atoms in total. The van der Waals surface area contributed by atoms with Crippen molar-refractivity contribution < 1.29 is 0 Å². The lowest BCUT2D eigenvalue weighted by Crippen LogP contribution is -2.35. The fourth-order valence-electron chi connectivity index (χ4n) is 2.79. The first-order valence-electron chi connectivity index (χ1n) is 7.80. The summed E-state index contributed by atoms with van der Waals surface area (Å²) in [5.74, 6) is 0.733. The summed E-state index contributed by atoms with van der Waals surface area (Å²) in [4.78, 5) is 0. The smallest absolute Gasteiger partial charge is 0.0340 e. The van der Waals surface area contributed by atoms with Crippen molar-refractivity contribution in [2.45, 2.75) is 52.0 Å². The molecular formula is C17H28N2. The van der Waals surface area contributed by atoms with Crippen molar-refractivity contribution >= 4 is 5.69 Å². The zero-order chi connectivity index (χ0) is 13.5. The van der Waals surface area contributed by atoms with Gasteiger partial charge in [-0.25, -0.2) is 0 Å². The molecule has 0 aromatic heterocycles. The van der Waals surface area contributed by atoms with Gasteiger partial charge >= 0.3 is 0 Å². The molecule has 1 aromatic carbocycles. The zero-order valence-electron chi connectivity index (χ0n) is 12.4. The quantitative estimate of drug-likeness (QED) is 0.812. The van der Waals surface area contributed by atoms with E-state index in [0.29, 0.717) is 0 Å². The van der Waals surface area contributed by atoms with Gasteiger partial charge in [0, 0.05) is 18.3 Å². The first-order valence-corrected chi connectivity index (χ1v) is 7.80. The van der Waals surface area contributed by atoms with Gasteiger partial charge in [0.15, 0.2) is 0 Å². The summed E-state index contributed by atoms with van der Waals surface area (Å²) in [5.41, 5.74) is 2.69. The third kappa shape index (κ3) is 5.23. The van der Waals surface area contributed by atoms with E-state index in [-0.39, 0.29) is 0 Å². The fourth-order valence-corrected chi connectivity index (χ4v) is 2.79. The Labute approximate surface area is 118 Å². The van der Waals surface area contributed by atoms with E-state index in [9.17, 15) is 0 Å². The highest BCUT2D eigenvalue weighted by molar-refractivity contribution is 5.44. The molecule has 0 aliphatic carbocycles. The number of hydrogen-bond acceptors (Lipinski definition) is 2. The number of anilines is 1. The molecule has 1 atom stereocenters. The molecular weight excluding hydrogens is 232 g/mol. The van der Waals surface area contributed by atoms with Gasteiger partial charge in [-0.3, -0.25) is 0 Å². The lowest BCUT2D eigenvalue weighted by molar-refractivity contribution is 0.389. The number of rotatable bonds is 6. The standard InChI is InChI=1S/C17H28N2/c1-14(2)13-15-6-8-17(9-7-15)19-12-10-16-5-3-4-11-18-16/h6-9,14,16,18-19H,3-5,10-13H2,1-2H3. The maximum absolute atomic E-state index is 3.60. The molecule has 2 heteroatoms. The van der Waals surface area contributed by atoms with Crippen LogP contribution in [0.4, 0.5) is 5.69 Å². The van der Waals surface area contributed by atoms with Gasteiger partial charge in [-0.05, 0) is 55.8 Å².